The molecule has 2 aliphatic heterocycles. The minimum absolute atomic E-state index is 0. The van der Waals surface area contributed by atoms with Gasteiger partial charge in [-0.2, -0.15) is 0 Å². The van der Waals surface area contributed by atoms with E-state index in [0.717, 1.165) is 51.3 Å². The molecule has 1 saturated carbocycles. The number of nitrogens with zero attached hydrogens (tertiary/aromatic N) is 1. The quantitative estimate of drug-likeness (QED) is 0.844. The van der Waals surface area contributed by atoms with Crippen LogP contribution in [-0.2, 0) is 9.53 Å². The van der Waals surface area contributed by atoms with Crippen LogP contribution in [0.1, 0.15) is 44.9 Å². The number of hydrogen-bond donors (Lipinski definition) is 1. The third-order valence-electron chi connectivity index (χ3n) is 4.67. The molecule has 116 valence electrons. The van der Waals surface area contributed by atoms with E-state index in [0.29, 0.717) is 18.4 Å². The van der Waals surface area contributed by atoms with Gasteiger partial charge in [0.2, 0.25) is 5.91 Å². The van der Waals surface area contributed by atoms with Gasteiger partial charge in [-0.1, -0.05) is 0 Å². The van der Waals surface area contributed by atoms with Gasteiger partial charge in [0.1, 0.15) is 0 Å². The van der Waals surface area contributed by atoms with E-state index in [4.69, 9.17) is 4.74 Å². The van der Waals surface area contributed by atoms with Crippen LogP contribution in [0.3, 0.4) is 0 Å². The molecule has 4 nitrogen and oxygen atoms in total. The number of halogens is 1. The van der Waals surface area contributed by atoms with E-state index in [2.05, 4.69) is 5.32 Å². The normalized spacial score (nSPS) is 27.4. The summed E-state index contributed by atoms with van der Waals surface area (Å²) in [6.07, 6.45) is 8.01. The van der Waals surface area contributed by atoms with E-state index in [9.17, 15) is 4.79 Å². The lowest BCUT2D eigenvalue weighted by molar-refractivity contribution is -0.134. The zero-order valence-corrected chi connectivity index (χ0v) is 13.0. The van der Waals surface area contributed by atoms with E-state index in [1.165, 1.54) is 19.4 Å². The SMILES string of the molecule is Cl.O=C(CC1CCCO1)N1CCC(NCC2CC2)CC1. The maximum absolute atomic E-state index is 12.2. The summed E-state index contributed by atoms with van der Waals surface area (Å²) in [7, 11) is 0. The van der Waals surface area contributed by atoms with Crippen LogP contribution in [-0.4, -0.2) is 49.2 Å². The van der Waals surface area contributed by atoms with Gasteiger partial charge in [0.25, 0.3) is 0 Å². The maximum Gasteiger partial charge on any atom is 0.225 e. The largest absolute Gasteiger partial charge is 0.378 e. The molecule has 5 heteroatoms. The molecule has 3 rings (SSSR count). The summed E-state index contributed by atoms with van der Waals surface area (Å²) >= 11 is 0. The van der Waals surface area contributed by atoms with E-state index >= 15 is 0 Å². The number of carbonyl (C=O) groups is 1. The molecule has 1 aliphatic carbocycles. The van der Waals surface area contributed by atoms with Crippen molar-refractivity contribution in [2.24, 2.45) is 5.92 Å². The highest BCUT2D eigenvalue weighted by Gasteiger charge is 2.27. The number of piperidine rings is 1. The number of rotatable bonds is 5. The molecule has 0 aromatic carbocycles. The van der Waals surface area contributed by atoms with E-state index in [1.54, 1.807) is 0 Å². The van der Waals surface area contributed by atoms with Gasteiger partial charge in [0.15, 0.2) is 0 Å². The van der Waals surface area contributed by atoms with Crippen LogP contribution in [0.25, 0.3) is 0 Å². The van der Waals surface area contributed by atoms with Gasteiger partial charge in [-0.15, -0.1) is 12.4 Å². The van der Waals surface area contributed by atoms with E-state index in [1.807, 2.05) is 4.90 Å². The maximum atomic E-state index is 12.2. The van der Waals surface area contributed by atoms with Crippen molar-refractivity contribution < 1.29 is 9.53 Å². The average Bonchev–Trinajstić information content (AvgIpc) is 3.13. The lowest BCUT2D eigenvalue weighted by Gasteiger charge is -2.33. The number of amides is 1. The monoisotopic (exact) mass is 302 g/mol. The Labute approximate surface area is 128 Å². The first-order valence-electron chi connectivity index (χ1n) is 7.94. The molecule has 3 fully saturated rings. The minimum atomic E-state index is 0. The second-order valence-electron chi connectivity index (χ2n) is 6.35. The molecule has 1 unspecified atom stereocenters. The Balaban J connectivity index is 0.00000147. The van der Waals surface area contributed by atoms with Crippen LogP contribution in [0.2, 0.25) is 0 Å². The smallest absolute Gasteiger partial charge is 0.225 e. The number of hydrogen-bond acceptors (Lipinski definition) is 3. The third kappa shape index (κ3) is 4.61. The lowest BCUT2D eigenvalue weighted by Crippen LogP contribution is -2.45. The van der Waals surface area contributed by atoms with Crippen molar-refractivity contribution in [3.8, 4) is 0 Å². The molecule has 0 radical (unpaired) electrons. The molecule has 0 bridgehead atoms. The van der Waals surface area contributed by atoms with Crippen molar-refractivity contribution in [3.63, 3.8) is 0 Å². The fourth-order valence-corrected chi connectivity index (χ4v) is 3.12. The van der Waals surface area contributed by atoms with Gasteiger partial charge >= 0.3 is 0 Å². The molecule has 0 aromatic rings. The van der Waals surface area contributed by atoms with Crippen molar-refractivity contribution in [2.45, 2.75) is 57.1 Å². The van der Waals surface area contributed by atoms with Crippen molar-refractivity contribution >= 4 is 18.3 Å². The Kier molecular flexibility index (Phi) is 6.12. The first-order valence-corrected chi connectivity index (χ1v) is 7.94. The van der Waals surface area contributed by atoms with Gasteiger partial charge in [-0.05, 0) is 51.0 Å². The minimum Gasteiger partial charge on any atom is -0.378 e. The van der Waals surface area contributed by atoms with Crippen molar-refractivity contribution in [2.75, 3.05) is 26.2 Å². The zero-order chi connectivity index (χ0) is 13.1. The van der Waals surface area contributed by atoms with Crippen LogP contribution in [0.4, 0.5) is 0 Å². The number of ether oxygens (including phenoxy) is 1. The van der Waals surface area contributed by atoms with Crippen LogP contribution in [0.15, 0.2) is 0 Å². The molecular formula is C15H27ClN2O2. The van der Waals surface area contributed by atoms with Crippen LogP contribution < -0.4 is 5.32 Å². The summed E-state index contributed by atoms with van der Waals surface area (Å²) in [4.78, 5) is 14.2. The second-order valence-corrected chi connectivity index (χ2v) is 6.35. The predicted molar refractivity (Wildman–Crippen MR) is 81.2 cm³/mol. The molecule has 3 aliphatic rings. The van der Waals surface area contributed by atoms with E-state index < -0.39 is 0 Å². The fourth-order valence-electron chi connectivity index (χ4n) is 3.12. The molecule has 1 atom stereocenters. The molecule has 0 spiro atoms. The van der Waals surface area contributed by atoms with Gasteiger partial charge < -0.3 is 15.0 Å². The molecule has 1 N–H and O–H groups in total. The summed E-state index contributed by atoms with van der Waals surface area (Å²) in [6.45, 7) is 3.88. The Morgan fingerprint density at radius 3 is 2.50 bits per heavy atom. The summed E-state index contributed by atoms with van der Waals surface area (Å²) in [5.74, 6) is 1.24. The summed E-state index contributed by atoms with van der Waals surface area (Å²) in [5.41, 5.74) is 0. The highest BCUT2D eigenvalue weighted by Crippen LogP contribution is 2.28. The van der Waals surface area contributed by atoms with Crippen LogP contribution >= 0.6 is 12.4 Å². The van der Waals surface area contributed by atoms with Crippen molar-refractivity contribution in [3.05, 3.63) is 0 Å². The van der Waals surface area contributed by atoms with Gasteiger partial charge in [-0.3, -0.25) is 4.79 Å². The zero-order valence-electron chi connectivity index (χ0n) is 12.2. The average molecular weight is 303 g/mol. The Morgan fingerprint density at radius 2 is 1.90 bits per heavy atom. The standard InChI is InChI=1S/C15H26N2O2.ClH/c18-15(10-14-2-1-9-19-14)17-7-5-13(6-8-17)16-11-12-3-4-12;/h12-14,16H,1-11H2;1H. The summed E-state index contributed by atoms with van der Waals surface area (Å²) in [5, 5.41) is 3.65. The van der Waals surface area contributed by atoms with E-state index in [-0.39, 0.29) is 18.5 Å². The lowest BCUT2D eigenvalue weighted by atomic mass is 10.0. The fraction of sp³-hybridized carbons (Fsp3) is 0.933. The Hall–Kier alpha value is -0.320. The van der Waals surface area contributed by atoms with Gasteiger partial charge in [0.05, 0.1) is 12.5 Å². The Bertz CT molecular complexity index is 309. The highest BCUT2D eigenvalue weighted by atomic mass is 35.5. The molecule has 20 heavy (non-hydrogen) atoms. The number of nitrogens with one attached hydrogen (secondary N) is 1. The first-order chi connectivity index (χ1) is 9.31. The van der Waals surface area contributed by atoms with Crippen molar-refractivity contribution in [1.29, 1.82) is 0 Å². The molecule has 2 saturated heterocycles. The van der Waals surface area contributed by atoms with Crippen LogP contribution in [0.5, 0.6) is 0 Å². The van der Waals surface area contributed by atoms with Gasteiger partial charge in [-0.25, -0.2) is 0 Å². The first kappa shape index (κ1) is 16.1. The molecule has 2 heterocycles. The molecular weight excluding hydrogens is 276 g/mol. The number of carbonyl (C=O) groups excluding carboxylic acids is 1. The molecule has 1 amide bonds. The third-order valence-corrected chi connectivity index (χ3v) is 4.67. The Morgan fingerprint density at radius 1 is 1.15 bits per heavy atom. The van der Waals surface area contributed by atoms with Crippen molar-refractivity contribution in [1.82, 2.24) is 10.2 Å². The number of likely N-dealkylation sites (tertiary alicyclic amines) is 1. The summed E-state index contributed by atoms with van der Waals surface area (Å²) < 4.78 is 5.55. The predicted octanol–water partition coefficient (Wildman–Crippen LogP) is 1.97. The molecule has 0 aromatic heterocycles. The second kappa shape index (κ2) is 7.62. The highest BCUT2D eigenvalue weighted by molar-refractivity contribution is 5.85. The topological polar surface area (TPSA) is 41.6 Å². The van der Waals surface area contributed by atoms with Crippen LogP contribution in [0, 0.1) is 5.92 Å². The van der Waals surface area contributed by atoms with Gasteiger partial charge in [0, 0.05) is 25.7 Å². The summed E-state index contributed by atoms with van der Waals surface area (Å²) in [6, 6.07) is 0.632.